The largest absolute Gasteiger partial charge is 0.466 e. The first-order valence-corrected chi connectivity index (χ1v) is 6.93. The summed E-state index contributed by atoms with van der Waals surface area (Å²) in [5.74, 6) is -3.21. The molecule has 0 saturated heterocycles. The number of aromatic amines is 1. The molecule has 0 aliphatic carbocycles. The van der Waals surface area contributed by atoms with Crippen LogP contribution in [0.15, 0.2) is 34.1 Å². The van der Waals surface area contributed by atoms with E-state index in [0.29, 0.717) is 17.2 Å². The van der Waals surface area contributed by atoms with E-state index in [-0.39, 0.29) is 6.54 Å². The van der Waals surface area contributed by atoms with Gasteiger partial charge >= 0.3 is 17.8 Å². The summed E-state index contributed by atoms with van der Waals surface area (Å²) in [6.07, 6.45) is -2.90. The molecule has 12 heteroatoms. The van der Waals surface area contributed by atoms with Gasteiger partial charge < -0.3 is 15.6 Å². The smallest absolute Gasteiger partial charge is 0.432 e. The van der Waals surface area contributed by atoms with Gasteiger partial charge in [-0.25, -0.2) is 9.59 Å². The number of anilines is 1. The minimum atomic E-state index is -5.64. The number of esters is 1. The Morgan fingerprint density at radius 2 is 2.08 bits per heavy atom. The van der Waals surface area contributed by atoms with Crippen LogP contribution >= 0.6 is 0 Å². The predicted octanol–water partition coefficient (Wildman–Crippen LogP) is -0.515. The number of nitrogens with one attached hydrogen (secondary N) is 1. The quantitative estimate of drug-likeness (QED) is 0.612. The molecule has 0 fully saturated rings. The lowest BCUT2D eigenvalue weighted by atomic mass is 9.94. The Bertz CT molecular complexity index is 938. The lowest BCUT2D eigenvalue weighted by Crippen LogP contribution is -2.54. The third-order valence-electron chi connectivity index (χ3n) is 3.56. The van der Waals surface area contributed by atoms with E-state index in [1.807, 2.05) is 0 Å². The van der Waals surface area contributed by atoms with Crippen LogP contribution in [0, 0.1) is 0 Å². The van der Waals surface area contributed by atoms with Crippen LogP contribution in [0.5, 0.6) is 0 Å². The molecular formula is C14H13F3N4O5. The number of hydrogen-bond donors (Lipinski definition) is 3. The van der Waals surface area contributed by atoms with Crippen LogP contribution in [0.2, 0.25) is 0 Å². The van der Waals surface area contributed by atoms with Gasteiger partial charge in [-0.1, -0.05) is 6.07 Å². The summed E-state index contributed by atoms with van der Waals surface area (Å²) >= 11 is 0. The fraction of sp³-hybridized carbons (Fsp3) is 0.286. The molecule has 26 heavy (non-hydrogen) atoms. The van der Waals surface area contributed by atoms with Gasteiger partial charge in [-0.3, -0.25) is 19.3 Å². The average Bonchev–Trinajstić information content (AvgIpc) is 2.57. The van der Waals surface area contributed by atoms with E-state index in [1.165, 1.54) is 24.5 Å². The first kappa shape index (κ1) is 19.2. The van der Waals surface area contributed by atoms with Gasteiger partial charge in [-0.2, -0.15) is 13.2 Å². The Hall–Kier alpha value is -3.15. The SMILES string of the molecule is COC(=O)C(O)(c1c(N)n(Cc2cccnc2)c(=O)[nH]c1=O)C(F)(F)F. The average molecular weight is 374 g/mol. The highest BCUT2D eigenvalue weighted by atomic mass is 19.4. The van der Waals surface area contributed by atoms with Gasteiger partial charge in [0.25, 0.3) is 11.2 Å². The third-order valence-corrected chi connectivity index (χ3v) is 3.56. The fourth-order valence-corrected chi connectivity index (χ4v) is 2.28. The molecule has 140 valence electrons. The van der Waals surface area contributed by atoms with Crippen molar-refractivity contribution in [3.8, 4) is 0 Å². The van der Waals surface area contributed by atoms with E-state index in [2.05, 4.69) is 9.72 Å². The zero-order valence-electron chi connectivity index (χ0n) is 13.2. The number of rotatable bonds is 4. The number of aliphatic hydroxyl groups is 1. The molecule has 0 aliphatic heterocycles. The first-order valence-electron chi connectivity index (χ1n) is 6.93. The lowest BCUT2D eigenvalue weighted by Gasteiger charge is -2.28. The minimum Gasteiger partial charge on any atom is -0.466 e. The Kier molecular flexibility index (Phi) is 4.89. The van der Waals surface area contributed by atoms with Crippen molar-refractivity contribution in [2.24, 2.45) is 0 Å². The van der Waals surface area contributed by atoms with Crippen LogP contribution in [-0.4, -0.2) is 38.9 Å². The van der Waals surface area contributed by atoms with Gasteiger partial charge in [0.15, 0.2) is 0 Å². The summed E-state index contributed by atoms with van der Waals surface area (Å²) in [6.45, 7) is -0.364. The van der Waals surface area contributed by atoms with Crippen molar-refractivity contribution < 1.29 is 27.8 Å². The topological polar surface area (TPSA) is 140 Å². The van der Waals surface area contributed by atoms with E-state index >= 15 is 0 Å². The molecule has 2 aromatic heterocycles. The molecule has 2 heterocycles. The van der Waals surface area contributed by atoms with Crippen molar-refractivity contribution in [2.45, 2.75) is 18.3 Å². The number of pyridine rings is 1. The Morgan fingerprint density at radius 3 is 2.58 bits per heavy atom. The van der Waals surface area contributed by atoms with Crippen molar-refractivity contribution in [2.75, 3.05) is 12.8 Å². The first-order chi connectivity index (χ1) is 12.0. The molecule has 0 radical (unpaired) electrons. The summed E-state index contributed by atoms with van der Waals surface area (Å²) in [5.41, 5.74) is -2.78. The van der Waals surface area contributed by atoms with E-state index in [9.17, 15) is 32.7 Å². The van der Waals surface area contributed by atoms with Crippen LogP contribution in [0.4, 0.5) is 19.0 Å². The Balaban J connectivity index is 2.77. The molecule has 4 N–H and O–H groups in total. The summed E-state index contributed by atoms with van der Waals surface area (Å²) in [5, 5.41) is 10.0. The third kappa shape index (κ3) is 3.06. The Morgan fingerprint density at radius 1 is 1.42 bits per heavy atom. The van der Waals surface area contributed by atoms with Crippen LogP contribution in [-0.2, 0) is 21.7 Å². The number of nitrogens with zero attached hydrogens (tertiary/aromatic N) is 2. The van der Waals surface area contributed by atoms with Crippen LogP contribution in [0.25, 0.3) is 0 Å². The number of nitrogen functional groups attached to an aromatic ring is 1. The monoisotopic (exact) mass is 374 g/mol. The molecule has 1 atom stereocenters. The number of alkyl halides is 3. The second-order valence-corrected chi connectivity index (χ2v) is 5.17. The molecule has 2 aromatic rings. The van der Waals surface area contributed by atoms with E-state index in [1.54, 1.807) is 4.98 Å². The second-order valence-electron chi connectivity index (χ2n) is 5.17. The molecule has 0 spiro atoms. The predicted molar refractivity (Wildman–Crippen MR) is 81.0 cm³/mol. The summed E-state index contributed by atoms with van der Waals surface area (Å²) in [6, 6.07) is 3.00. The van der Waals surface area contributed by atoms with Gasteiger partial charge in [-0.05, 0) is 11.6 Å². The van der Waals surface area contributed by atoms with Crippen LogP contribution in [0.1, 0.15) is 11.1 Å². The maximum Gasteiger partial charge on any atom is 0.432 e. The molecule has 0 aliphatic rings. The minimum absolute atomic E-state index is 0.364. The van der Waals surface area contributed by atoms with Crippen molar-refractivity contribution in [1.29, 1.82) is 0 Å². The molecule has 0 bridgehead atoms. The summed E-state index contributed by atoms with van der Waals surface area (Å²) in [7, 11) is 0.592. The van der Waals surface area contributed by atoms with Crippen molar-refractivity contribution >= 4 is 11.8 Å². The van der Waals surface area contributed by atoms with Crippen molar-refractivity contribution in [1.82, 2.24) is 14.5 Å². The molecule has 9 nitrogen and oxygen atoms in total. The highest BCUT2D eigenvalue weighted by Gasteiger charge is 2.64. The van der Waals surface area contributed by atoms with E-state index in [0.717, 1.165) is 0 Å². The second kappa shape index (κ2) is 6.63. The molecule has 0 aromatic carbocycles. The number of carbonyl (C=O) groups excluding carboxylic acids is 1. The fourth-order valence-electron chi connectivity index (χ4n) is 2.28. The molecule has 1 unspecified atom stereocenters. The number of H-pyrrole nitrogens is 1. The summed E-state index contributed by atoms with van der Waals surface area (Å²) in [4.78, 5) is 40.9. The maximum atomic E-state index is 13.4. The van der Waals surface area contributed by atoms with Crippen molar-refractivity contribution in [3.05, 3.63) is 56.5 Å². The number of ether oxygens (including phenoxy) is 1. The zero-order valence-corrected chi connectivity index (χ0v) is 13.2. The number of halogens is 3. The highest BCUT2D eigenvalue weighted by Crippen LogP contribution is 2.40. The van der Waals surface area contributed by atoms with Crippen LogP contribution in [0.3, 0.4) is 0 Å². The number of carbonyl (C=O) groups is 1. The summed E-state index contributed by atoms with van der Waals surface area (Å²) < 4.78 is 44.7. The molecule has 2 rings (SSSR count). The normalized spacial score (nSPS) is 13.9. The standard InChI is InChI=1S/C14H13F3N4O5/c1-26-11(23)13(25,14(15,16)17)8-9(18)21(12(24)20-10(8)22)6-7-3-2-4-19-5-7/h2-5,25H,6,18H2,1H3,(H,20,22,24). The van der Waals surface area contributed by atoms with Gasteiger partial charge in [-0.15, -0.1) is 0 Å². The van der Waals surface area contributed by atoms with Gasteiger partial charge in [0.05, 0.1) is 13.7 Å². The van der Waals surface area contributed by atoms with E-state index < -0.39 is 40.4 Å². The maximum absolute atomic E-state index is 13.4. The number of nitrogens with two attached hydrogens (primary N) is 1. The molecule has 0 saturated carbocycles. The van der Waals surface area contributed by atoms with Crippen molar-refractivity contribution in [3.63, 3.8) is 0 Å². The Labute approximate surface area is 142 Å². The zero-order chi connectivity index (χ0) is 19.7. The molecular weight excluding hydrogens is 361 g/mol. The van der Waals surface area contributed by atoms with Gasteiger partial charge in [0, 0.05) is 12.4 Å². The van der Waals surface area contributed by atoms with Gasteiger partial charge in [0.2, 0.25) is 0 Å². The lowest BCUT2D eigenvalue weighted by molar-refractivity contribution is -0.267. The van der Waals surface area contributed by atoms with Crippen LogP contribution < -0.4 is 17.0 Å². The number of methoxy groups -OCH3 is 1. The number of aromatic nitrogens is 3. The van der Waals surface area contributed by atoms with Gasteiger partial charge in [0.1, 0.15) is 11.4 Å². The highest BCUT2D eigenvalue weighted by molar-refractivity contribution is 5.83. The van der Waals surface area contributed by atoms with E-state index in [4.69, 9.17) is 5.73 Å². The molecule has 0 amide bonds. The number of hydrogen-bond acceptors (Lipinski definition) is 7.